The summed E-state index contributed by atoms with van der Waals surface area (Å²) in [6, 6.07) is 10.9. The molecule has 72 valence electrons. The number of benzene rings is 1. The first-order valence-electron chi connectivity index (χ1n) is 4.36. The quantitative estimate of drug-likeness (QED) is 0.733. The lowest BCUT2D eigenvalue weighted by atomic mass is 10.0. The molecule has 2 aromatic rings. The molecule has 0 radical (unpaired) electrons. The van der Waals surface area contributed by atoms with Crippen LogP contribution in [-0.4, -0.2) is 10.1 Å². The number of hydrogen-bond donors (Lipinski definition) is 2. The number of aromatic amines is 1. The molecule has 0 aliphatic carbocycles. The van der Waals surface area contributed by atoms with Crippen LogP contribution in [-0.2, 0) is 0 Å². The van der Waals surface area contributed by atoms with Gasteiger partial charge >= 0.3 is 0 Å². The summed E-state index contributed by atoms with van der Waals surface area (Å²) < 4.78 is 0. The molecule has 15 heavy (non-hydrogen) atoms. The molecule has 4 heteroatoms. The van der Waals surface area contributed by atoms with E-state index in [1.165, 1.54) is 0 Å². The van der Waals surface area contributed by atoms with E-state index >= 15 is 0 Å². The third kappa shape index (κ3) is 1.29. The maximum Gasteiger partial charge on any atom is 0.195 e. The van der Waals surface area contributed by atoms with Gasteiger partial charge in [-0.25, -0.2) is 0 Å². The zero-order valence-electron chi connectivity index (χ0n) is 7.73. The Bertz CT molecular complexity index is 572. The minimum Gasteiger partial charge on any atom is -0.494 e. The van der Waals surface area contributed by atoms with E-state index in [2.05, 4.69) is 4.98 Å². The summed E-state index contributed by atoms with van der Waals surface area (Å²) in [4.78, 5) is 2.73. The van der Waals surface area contributed by atoms with Crippen LogP contribution in [0.4, 0.5) is 0 Å². The molecular weight excluding hydrogens is 190 g/mol. The number of rotatable bonds is 1. The Kier molecular flexibility index (Phi) is 2.04. The van der Waals surface area contributed by atoms with Crippen LogP contribution in [0.1, 0.15) is 11.5 Å². The topological polar surface area (TPSA) is 83.6 Å². The predicted octanol–water partition coefficient (Wildman–Crippen LogP) is 2.00. The van der Waals surface area contributed by atoms with Crippen molar-refractivity contribution in [1.29, 1.82) is 10.5 Å². The average molecular weight is 197 g/mol. The van der Waals surface area contributed by atoms with Crippen molar-refractivity contribution in [1.82, 2.24) is 4.98 Å². The van der Waals surface area contributed by atoms with E-state index in [1.807, 2.05) is 18.2 Å². The molecule has 0 aliphatic rings. The van der Waals surface area contributed by atoms with E-state index in [-0.39, 0.29) is 5.88 Å². The summed E-state index contributed by atoms with van der Waals surface area (Å²) in [7, 11) is 0. The third-order valence-electron chi connectivity index (χ3n) is 2.27. The number of nitriles is 2. The lowest BCUT2D eigenvalue weighted by Crippen LogP contribution is -1.90. The van der Waals surface area contributed by atoms with E-state index in [0.717, 1.165) is 5.52 Å². The van der Waals surface area contributed by atoms with Crippen molar-refractivity contribution < 1.29 is 5.11 Å². The fraction of sp³-hybridized carbons (Fsp3) is 0.0909. The van der Waals surface area contributed by atoms with E-state index in [4.69, 9.17) is 10.5 Å². The molecule has 2 N–H and O–H groups in total. The molecule has 0 bridgehead atoms. The van der Waals surface area contributed by atoms with E-state index in [1.54, 1.807) is 18.2 Å². The number of aromatic nitrogens is 1. The highest BCUT2D eigenvalue weighted by molar-refractivity contribution is 5.87. The number of fused-ring (bicyclic) bond motifs is 1. The highest BCUT2D eigenvalue weighted by Gasteiger charge is 2.19. The molecule has 0 spiro atoms. The second-order valence-corrected chi connectivity index (χ2v) is 3.12. The van der Waals surface area contributed by atoms with E-state index in [9.17, 15) is 5.11 Å². The van der Waals surface area contributed by atoms with Crippen LogP contribution in [0.25, 0.3) is 10.9 Å². The molecule has 0 aliphatic heterocycles. The molecule has 0 atom stereocenters. The largest absolute Gasteiger partial charge is 0.494 e. The monoisotopic (exact) mass is 197 g/mol. The van der Waals surface area contributed by atoms with Gasteiger partial charge in [-0.1, -0.05) is 18.2 Å². The number of nitrogens with one attached hydrogen (secondary N) is 1. The Balaban J connectivity index is 2.76. The second-order valence-electron chi connectivity index (χ2n) is 3.12. The van der Waals surface area contributed by atoms with Crippen LogP contribution in [0.5, 0.6) is 5.88 Å². The van der Waals surface area contributed by atoms with Gasteiger partial charge in [0.25, 0.3) is 0 Å². The van der Waals surface area contributed by atoms with Crippen LogP contribution in [0.3, 0.4) is 0 Å². The molecule has 2 rings (SSSR count). The Morgan fingerprint density at radius 3 is 2.53 bits per heavy atom. The van der Waals surface area contributed by atoms with Gasteiger partial charge in [0, 0.05) is 10.9 Å². The van der Waals surface area contributed by atoms with Crippen molar-refractivity contribution in [2.24, 2.45) is 0 Å². The molecule has 4 nitrogen and oxygen atoms in total. The lowest BCUT2D eigenvalue weighted by molar-refractivity contribution is 0.452. The van der Waals surface area contributed by atoms with Crippen molar-refractivity contribution in [2.75, 3.05) is 0 Å². The SMILES string of the molecule is N#CC(C#N)c1c(O)[nH]c2ccccc12. The summed E-state index contributed by atoms with van der Waals surface area (Å²) in [6.45, 7) is 0. The van der Waals surface area contributed by atoms with Gasteiger partial charge in [-0.15, -0.1) is 0 Å². The minimum atomic E-state index is -0.943. The summed E-state index contributed by atoms with van der Waals surface area (Å²) >= 11 is 0. The highest BCUT2D eigenvalue weighted by atomic mass is 16.3. The van der Waals surface area contributed by atoms with Gasteiger partial charge < -0.3 is 10.1 Å². The van der Waals surface area contributed by atoms with Gasteiger partial charge in [0.15, 0.2) is 11.8 Å². The highest BCUT2D eigenvalue weighted by Crippen LogP contribution is 2.32. The van der Waals surface area contributed by atoms with Crippen LogP contribution >= 0.6 is 0 Å². The van der Waals surface area contributed by atoms with Gasteiger partial charge in [0.1, 0.15) is 0 Å². The van der Waals surface area contributed by atoms with Gasteiger partial charge in [0.05, 0.1) is 17.7 Å². The number of H-pyrrole nitrogens is 1. The molecule has 0 fully saturated rings. The fourth-order valence-corrected chi connectivity index (χ4v) is 1.60. The molecule has 0 saturated carbocycles. The summed E-state index contributed by atoms with van der Waals surface area (Å²) in [6.07, 6.45) is 0. The average Bonchev–Trinajstić information content (AvgIpc) is 2.58. The first-order valence-corrected chi connectivity index (χ1v) is 4.36. The molecule has 1 aromatic carbocycles. The van der Waals surface area contributed by atoms with Crippen molar-refractivity contribution in [2.45, 2.75) is 5.92 Å². The number of hydrogen-bond acceptors (Lipinski definition) is 3. The Labute approximate surface area is 86.0 Å². The maximum absolute atomic E-state index is 9.61. The standard InChI is InChI=1S/C11H7N3O/c12-5-7(6-13)10-8-3-1-2-4-9(8)14-11(10)15/h1-4,7,14-15H. The van der Waals surface area contributed by atoms with Gasteiger partial charge in [-0.05, 0) is 6.07 Å². The predicted molar refractivity (Wildman–Crippen MR) is 53.9 cm³/mol. The van der Waals surface area contributed by atoms with E-state index < -0.39 is 5.92 Å². The van der Waals surface area contributed by atoms with Crippen molar-refractivity contribution in [3.8, 4) is 18.0 Å². The minimum absolute atomic E-state index is 0.107. The number of nitrogens with zero attached hydrogens (tertiary/aromatic N) is 2. The van der Waals surface area contributed by atoms with Crippen molar-refractivity contribution in [3.05, 3.63) is 29.8 Å². The fourth-order valence-electron chi connectivity index (χ4n) is 1.60. The molecular formula is C11H7N3O. The third-order valence-corrected chi connectivity index (χ3v) is 2.27. The van der Waals surface area contributed by atoms with Crippen LogP contribution < -0.4 is 0 Å². The van der Waals surface area contributed by atoms with Crippen LogP contribution in [0.15, 0.2) is 24.3 Å². The first kappa shape index (κ1) is 9.11. The molecule has 1 heterocycles. The van der Waals surface area contributed by atoms with Crippen molar-refractivity contribution in [3.63, 3.8) is 0 Å². The van der Waals surface area contributed by atoms with Crippen LogP contribution in [0, 0.1) is 22.7 Å². The van der Waals surface area contributed by atoms with Crippen LogP contribution in [0.2, 0.25) is 0 Å². The first-order chi connectivity index (χ1) is 7.27. The number of para-hydroxylation sites is 1. The Morgan fingerprint density at radius 1 is 1.20 bits per heavy atom. The summed E-state index contributed by atoms with van der Waals surface area (Å²) in [5, 5.41) is 27.9. The second kappa shape index (κ2) is 3.36. The van der Waals surface area contributed by atoms with E-state index in [0.29, 0.717) is 10.9 Å². The summed E-state index contributed by atoms with van der Waals surface area (Å²) in [5.74, 6) is -1.05. The lowest BCUT2D eigenvalue weighted by Gasteiger charge is -1.97. The zero-order valence-corrected chi connectivity index (χ0v) is 7.73. The zero-order chi connectivity index (χ0) is 10.8. The summed E-state index contributed by atoms with van der Waals surface area (Å²) in [5.41, 5.74) is 1.08. The molecule has 0 amide bonds. The maximum atomic E-state index is 9.61. The smallest absolute Gasteiger partial charge is 0.195 e. The normalized spacial score (nSPS) is 10.1. The van der Waals surface area contributed by atoms with Gasteiger partial charge in [-0.2, -0.15) is 10.5 Å². The molecule has 1 aromatic heterocycles. The number of aromatic hydroxyl groups is 1. The van der Waals surface area contributed by atoms with Gasteiger partial charge in [0.2, 0.25) is 0 Å². The molecule has 0 saturated heterocycles. The van der Waals surface area contributed by atoms with Crippen molar-refractivity contribution >= 4 is 10.9 Å². The Morgan fingerprint density at radius 2 is 1.87 bits per heavy atom. The van der Waals surface area contributed by atoms with Gasteiger partial charge in [-0.3, -0.25) is 0 Å². The molecule has 0 unspecified atom stereocenters. The Hall–Kier alpha value is -2.46.